The van der Waals surface area contributed by atoms with Gasteiger partial charge in [0.05, 0.1) is 0 Å². The van der Waals surface area contributed by atoms with E-state index in [2.05, 4.69) is 15.0 Å². The van der Waals surface area contributed by atoms with Crippen LogP contribution < -0.4 is 19.5 Å². The van der Waals surface area contributed by atoms with Crippen molar-refractivity contribution in [3.63, 3.8) is 0 Å². The first-order valence-electron chi connectivity index (χ1n) is 8.77. The lowest BCUT2D eigenvalue weighted by molar-refractivity contribution is -0.757. The summed E-state index contributed by atoms with van der Waals surface area (Å²) in [5.74, 6) is 0.542. The summed E-state index contributed by atoms with van der Waals surface area (Å²) >= 11 is 0. The Bertz CT molecular complexity index is 603. The molecule has 1 rings (SSSR count). The smallest absolute Gasteiger partial charge is 0.294 e. The maximum Gasteiger partial charge on any atom is 0.294 e. The van der Waals surface area contributed by atoms with E-state index in [1.54, 1.807) is 18.2 Å². The summed E-state index contributed by atoms with van der Waals surface area (Å²) in [6, 6.07) is 4.85. The standard InChI is InChI=1S/C16H25N3O10/c1-12(2)17-10-13(20)11-27-16-14(25-6-8-28-18(21)22)4-3-5-15(16)26-7-9-29-19(23)24/h3-5,12-13,17,20H,6-11H2,1-2H3. The Labute approximate surface area is 166 Å². The SMILES string of the molecule is CC(C)NCC(O)COc1c(OCCO[N+](=O)[O-])cccc1OCCO[N+](=O)[O-]. The number of ether oxygens (including phenoxy) is 3. The van der Waals surface area contributed by atoms with Crippen LogP contribution in [0.1, 0.15) is 13.8 Å². The van der Waals surface area contributed by atoms with Crippen LogP contribution in [0, 0.1) is 20.2 Å². The Morgan fingerprint density at radius 1 is 0.966 bits per heavy atom. The highest BCUT2D eigenvalue weighted by molar-refractivity contribution is 5.51. The van der Waals surface area contributed by atoms with E-state index in [0.29, 0.717) is 6.54 Å². The third-order valence-corrected chi connectivity index (χ3v) is 3.20. The number of benzene rings is 1. The van der Waals surface area contributed by atoms with Crippen molar-refractivity contribution in [1.29, 1.82) is 0 Å². The van der Waals surface area contributed by atoms with Crippen molar-refractivity contribution in [3.05, 3.63) is 38.4 Å². The fraction of sp³-hybridized carbons (Fsp3) is 0.625. The van der Waals surface area contributed by atoms with Crippen molar-refractivity contribution in [2.24, 2.45) is 0 Å². The van der Waals surface area contributed by atoms with E-state index in [9.17, 15) is 25.3 Å². The summed E-state index contributed by atoms with van der Waals surface area (Å²) in [6.07, 6.45) is -0.825. The molecule has 0 heterocycles. The van der Waals surface area contributed by atoms with E-state index in [0.717, 1.165) is 0 Å². The van der Waals surface area contributed by atoms with Crippen LogP contribution in [0.25, 0.3) is 0 Å². The molecule has 0 aliphatic carbocycles. The first kappa shape index (κ1) is 24.0. The summed E-state index contributed by atoms with van der Waals surface area (Å²) in [7, 11) is 0. The average Bonchev–Trinajstić information content (AvgIpc) is 2.65. The Morgan fingerprint density at radius 2 is 1.48 bits per heavy atom. The van der Waals surface area contributed by atoms with Gasteiger partial charge in [0.1, 0.15) is 39.1 Å². The third kappa shape index (κ3) is 10.8. The van der Waals surface area contributed by atoms with E-state index < -0.39 is 16.3 Å². The average molecular weight is 419 g/mol. The Morgan fingerprint density at radius 3 is 1.93 bits per heavy atom. The van der Waals surface area contributed by atoms with Gasteiger partial charge in [0.2, 0.25) is 5.75 Å². The number of aliphatic hydroxyl groups is 1. The van der Waals surface area contributed by atoms with Crippen LogP contribution in [0.5, 0.6) is 17.2 Å². The van der Waals surface area contributed by atoms with Crippen LogP contribution >= 0.6 is 0 Å². The number of para-hydroxylation sites is 1. The Kier molecular flexibility index (Phi) is 10.9. The molecule has 0 aliphatic rings. The monoisotopic (exact) mass is 419 g/mol. The number of rotatable bonds is 16. The molecule has 0 radical (unpaired) electrons. The van der Waals surface area contributed by atoms with E-state index >= 15 is 0 Å². The quantitative estimate of drug-likeness (QED) is 0.219. The fourth-order valence-electron chi connectivity index (χ4n) is 2.00. The van der Waals surface area contributed by atoms with Crippen molar-refractivity contribution in [2.45, 2.75) is 26.0 Å². The number of aliphatic hydroxyl groups excluding tert-OH is 1. The molecule has 164 valence electrons. The van der Waals surface area contributed by atoms with Crippen molar-refractivity contribution < 1.29 is 39.2 Å². The second kappa shape index (κ2) is 13.2. The van der Waals surface area contributed by atoms with Crippen molar-refractivity contribution in [2.75, 3.05) is 39.6 Å². The van der Waals surface area contributed by atoms with Gasteiger partial charge in [-0.2, -0.15) is 0 Å². The second-order valence-corrected chi connectivity index (χ2v) is 5.92. The minimum atomic E-state index is -0.937. The predicted molar refractivity (Wildman–Crippen MR) is 98.0 cm³/mol. The van der Waals surface area contributed by atoms with Crippen LogP contribution in [0.15, 0.2) is 18.2 Å². The molecule has 0 amide bonds. The highest BCUT2D eigenvalue weighted by Gasteiger charge is 2.16. The molecule has 0 aromatic heterocycles. The summed E-state index contributed by atoms with van der Waals surface area (Å²) in [5, 5.41) is 31.6. The van der Waals surface area contributed by atoms with Crippen molar-refractivity contribution in [3.8, 4) is 17.2 Å². The maximum atomic E-state index is 10.2. The fourth-order valence-corrected chi connectivity index (χ4v) is 2.00. The third-order valence-electron chi connectivity index (χ3n) is 3.20. The zero-order valence-corrected chi connectivity index (χ0v) is 16.1. The van der Waals surface area contributed by atoms with Crippen LogP contribution in [-0.2, 0) is 9.68 Å². The molecule has 0 spiro atoms. The van der Waals surface area contributed by atoms with E-state index in [4.69, 9.17) is 14.2 Å². The van der Waals surface area contributed by atoms with Gasteiger partial charge in [0.25, 0.3) is 10.2 Å². The largest absolute Gasteiger partial charge is 0.488 e. The highest BCUT2D eigenvalue weighted by Crippen LogP contribution is 2.37. The van der Waals surface area contributed by atoms with Gasteiger partial charge in [-0.15, -0.1) is 20.2 Å². The van der Waals surface area contributed by atoms with Gasteiger partial charge in [0.15, 0.2) is 11.5 Å². The zero-order chi connectivity index (χ0) is 21.6. The van der Waals surface area contributed by atoms with E-state index in [1.807, 2.05) is 13.8 Å². The Hall–Kier alpha value is -3.06. The summed E-state index contributed by atoms with van der Waals surface area (Å²) in [6.45, 7) is 3.21. The molecule has 0 fully saturated rings. The van der Waals surface area contributed by atoms with E-state index in [1.165, 1.54) is 0 Å². The van der Waals surface area contributed by atoms with Gasteiger partial charge in [-0.1, -0.05) is 19.9 Å². The first-order chi connectivity index (χ1) is 13.8. The maximum absolute atomic E-state index is 10.2. The molecule has 1 aromatic rings. The number of hydrogen-bond acceptors (Lipinski definition) is 11. The van der Waals surface area contributed by atoms with Gasteiger partial charge in [-0.3, -0.25) is 0 Å². The summed E-state index contributed by atoms with van der Waals surface area (Å²) < 4.78 is 16.5. The molecule has 1 aromatic carbocycles. The first-order valence-corrected chi connectivity index (χ1v) is 8.77. The molecule has 2 N–H and O–H groups in total. The minimum Gasteiger partial charge on any atom is -0.488 e. The lowest BCUT2D eigenvalue weighted by atomic mass is 10.3. The molecule has 29 heavy (non-hydrogen) atoms. The lowest BCUT2D eigenvalue weighted by Crippen LogP contribution is -2.35. The van der Waals surface area contributed by atoms with Gasteiger partial charge in [0, 0.05) is 12.6 Å². The Balaban J connectivity index is 2.76. The predicted octanol–water partition coefficient (Wildman–Crippen LogP) is 0.598. The molecule has 13 heteroatoms. The van der Waals surface area contributed by atoms with Crippen LogP contribution in [0.3, 0.4) is 0 Å². The number of nitrogens with zero attached hydrogens (tertiary/aromatic N) is 2. The molecule has 0 aliphatic heterocycles. The molecule has 0 saturated carbocycles. The molecule has 1 atom stereocenters. The van der Waals surface area contributed by atoms with E-state index in [-0.39, 0.29) is 56.3 Å². The molecular weight excluding hydrogens is 394 g/mol. The lowest BCUT2D eigenvalue weighted by Gasteiger charge is -2.19. The molecule has 1 unspecified atom stereocenters. The highest BCUT2D eigenvalue weighted by atomic mass is 17.0. The number of hydrogen-bond donors (Lipinski definition) is 2. The molecule has 13 nitrogen and oxygen atoms in total. The van der Waals surface area contributed by atoms with Gasteiger partial charge in [-0.05, 0) is 12.1 Å². The second-order valence-electron chi connectivity index (χ2n) is 5.92. The van der Waals surface area contributed by atoms with Gasteiger partial charge in [-0.25, -0.2) is 0 Å². The molecule has 0 saturated heterocycles. The van der Waals surface area contributed by atoms with Crippen molar-refractivity contribution >= 4 is 0 Å². The van der Waals surface area contributed by atoms with Crippen molar-refractivity contribution in [1.82, 2.24) is 5.32 Å². The zero-order valence-electron chi connectivity index (χ0n) is 16.1. The van der Waals surface area contributed by atoms with Crippen LogP contribution in [-0.4, -0.2) is 67.0 Å². The topological polar surface area (TPSA) is 165 Å². The summed E-state index contributed by atoms with van der Waals surface area (Å²) in [4.78, 5) is 28.8. The molecule has 0 bridgehead atoms. The number of nitrogens with one attached hydrogen (secondary N) is 1. The van der Waals surface area contributed by atoms with Gasteiger partial charge >= 0.3 is 0 Å². The summed E-state index contributed by atoms with van der Waals surface area (Å²) in [5.41, 5.74) is 0. The van der Waals surface area contributed by atoms with Crippen LogP contribution in [0.2, 0.25) is 0 Å². The normalized spacial score (nSPS) is 11.6. The molecular formula is C16H25N3O10. The van der Waals surface area contributed by atoms with Crippen LogP contribution in [0.4, 0.5) is 0 Å². The van der Waals surface area contributed by atoms with Gasteiger partial charge < -0.3 is 34.3 Å². The minimum absolute atomic E-state index is 0.0900.